The van der Waals surface area contributed by atoms with E-state index in [1.165, 1.54) is 54.6 Å². The summed E-state index contributed by atoms with van der Waals surface area (Å²) >= 11 is 0. The second kappa shape index (κ2) is 8.98. The highest BCUT2D eigenvalue weighted by molar-refractivity contribution is 6.07. The maximum absolute atomic E-state index is 13.9. The van der Waals surface area contributed by atoms with Gasteiger partial charge in [-0.05, 0) is 35.9 Å². The molecule has 1 aromatic heterocycles. The molecule has 0 bridgehead atoms. The first-order chi connectivity index (χ1) is 19.1. The molecule has 2 atom stereocenters. The van der Waals surface area contributed by atoms with Crippen molar-refractivity contribution in [3.05, 3.63) is 99.7 Å². The van der Waals surface area contributed by atoms with E-state index >= 15 is 0 Å². The summed E-state index contributed by atoms with van der Waals surface area (Å²) in [6, 6.07) is 15.6. The molecule has 1 aliphatic heterocycles. The quantitative estimate of drug-likeness (QED) is 0.186. The van der Waals surface area contributed by atoms with E-state index in [0.29, 0.717) is 5.56 Å². The molecule has 0 saturated carbocycles. The minimum atomic E-state index is -1.22. The van der Waals surface area contributed by atoms with Gasteiger partial charge in [-0.1, -0.05) is 12.1 Å². The van der Waals surface area contributed by atoms with E-state index in [2.05, 4.69) is 0 Å². The first-order valence-corrected chi connectivity index (χ1v) is 12.0. The molecule has 0 aliphatic carbocycles. The summed E-state index contributed by atoms with van der Waals surface area (Å²) < 4.78 is 11.9. The summed E-state index contributed by atoms with van der Waals surface area (Å²) in [5, 5.41) is 61.0. The maximum atomic E-state index is 13.9. The normalized spacial score (nSPS) is 16.4. The molecule has 0 spiro atoms. The topological polar surface area (TPSA) is 178 Å². The van der Waals surface area contributed by atoms with Crippen molar-refractivity contribution in [3.8, 4) is 51.6 Å². The summed E-state index contributed by atoms with van der Waals surface area (Å²) in [5.41, 5.74) is -0.0235. The van der Waals surface area contributed by atoms with Crippen LogP contribution in [0, 0.1) is 0 Å². The number of fused-ring (bicyclic) bond motifs is 2. The predicted molar refractivity (Wildman–Crippen MR) is 141 cm³/mol. The number of hydrogen-bond donors (Lipinski definition) is 6. The minimum absolute atomic E-state index is 0.0219. The number of phenolic OH excluding ortho intramolecular Hbond substituents is 6. The average Bonchev–Trinajstić information content (AvgIpc) is 2.88. The second-order valence-corrected chi connectivity index (χ2v) is 9.40. The number of ether oxygens (including phenoxy) is 1. The van der Waals surface area contributed by atoms with Crippen molar-refractivity contribution in [1.82, 2.24) is 0 Å². The first kappa shape index (κ1) is 24.7. The van der Waals surface area contributed by atoms with Crippen molar-refractivity contribution in [2.24, 2.45) is 0 Å². The van der Waals surface area contributed by atoms with Crippen LogP contribution in [0.4, 0.5) is 0 Å². The molecule has 40 heavy (non-hydrogen) atoms. The maximum Gasteiger partial charge on any atom is 0.197 e. The van der Waals surface area contributed by atoms with Gasteiger partial charge in [0.2, 0.25) is 0 Å². The van der Waals surface area contributed by atoms with E-state index in [4.69, 9.17) is 9.15 Å². The van der Waals surface area contributed by atoms with Crippen LogP contribution < -0.4 is 10.2 Å². The summed E-state index contributed by atoms with van der Waals surface area (Å²) in [4.78, 5) is 26.7. The Morgan fingerprint density at radius 1 is 0.650 bits per heavy atom. The van der Waals surface area contributed by atoms with Crippen molar-refractivity contribution in [3.63, 3.8) is 0 Å². The largest absolute Gasteiger partial charge is 0.508 e. The molecular weight excluding hydrogens is 520 g/mol. The highest BCUT2D eigenvalue weighted by Crippen LogP contribution is 2.50. The van der Waals surface area contributed by atoms with E-state index in [0.717, 1.165) is 18.2 Å². The molecule has 6 N–H and O–H groups in total. The number of phenols is 6. The van der Waals surface area contributed by atoms with E-state index in [-0.39, 0.29) is 62.2 Å². The van der Waals surface area contributed by atoms with E-state index in [1.54, 1.807) is 0 Å². The Bertz CT molecular complexity index is 1890. The molecule has 200 valence electrons. The molecular formula is C30H20O10. The lowest BCUT2D eigenvalue weighted by Crippen LogP contribution is -2.30. The Balaban J connectivity index is 1.54. The van der Waals surface area contributed by atoms with Crippen molar-refractivity contribution in [2.45, 2.75) is 12.0 Å². The molecule has 2 heterocycles. The van der Waals surface area contributed by atoms with Crippen LogP contribution in [-0.2, 0) is 0 Å². The van der Waals surface area contributed by atoms with Gasteiger partial charge in [0.15, 0.2) is 11.2 Å². The molecule has 0 radical (unpaired) electrons. The van der Waals surface area contributed by atoms with Crippen LogP contribution in [0.5, 0.6) is 40.2 Å². The number of benzene rings is 4. The number of carbonyl (C=O) groups is 1. The second-order valence-electron chi connectivity index (χ2n) is 9.40. The van der Waals surface area contributed by atoms with Gasteiger partial charge in [0, 0.05) is 41.5 Å². The van der Waals surface area contributed by atoms with Gasteiger partial charge in [-0.3, -0.25) is 9.59 Å². The molecule has 10 nitrogen and oxygen atoms in total. The lowest BCUT2D eigenvalue weighted by atomic mass is 9.79. The molecule has 10 heteroatoms. The van der Waals surface area contributed by atoms with Gasteiger partial charge in [0.25, 0.3) is 0 Å². The molecule has 0 fully saturated rings. The minimum Gasteiger partial charge on any atom is -0.508 e. The summed E-state index contributed by atoms with van der Waals surface area (Å²) in [6.45, 7) is 0. The van der Waals surface area contributed by atoms with Gasteiger partial charge < -0.3 is 39.8 Å². The lowest BCUT2D eigenvalue weighted by molar-refractivity contribution is 0.0772. The predicted octanol–water partition coefficient (Wildman–Crippen LogP) is 4.79. The Morgan fingerprint density at radius 3 is 2.10 bits per heavy atom. The van der Waals surface area contributed by atoms with Gasteiger partial charge in [-0.15, -0.1) is 0 Å². The van der Waals surface area contributed by atoms with Crippen molar-refractivity contribution in [1.29, 1.82) is 0 Å². The molecule has 0 amide bonds. The Morgan fingerprint density at radius 2 is 1.35 bits per heavy atom. The zero-order chi connectivity index (χ0) is 28.3. The van der Waals surface area contributed by atoms with Crippen LogP contribution in [0.15, 0.2) is 82.0 Å². The van der Waals surface area contributed by atoms with Crippen molar-refractivity contribution >= 4 is 16.8 Å². The summed E-state index contributed by atoms with van der Waals surface area (Å²) in [5.74, 6) is -3.76. The van der Waals surface area contributed by atoms with E-state index in [1.807, 2.05) is 0 Å². The fourth-order valence-corrected chi connectivity index (χ4v) is 5.01. The zero-order valence-electron chi connectivity index (χ0n) is 20.4. The number of Topliss-reactive ketones (excluding diaryl/α,β-unsaturated/α-hetero) is 1. The van der Waals surface area contributed by atoms with Crippen LogP contribution >= 0.6 is 0 Å². The van der Waals surface area contributed by atoms with E-state index < -0.39 is 34.7 Å². The molecule has 6 rings (SSSR count). The SMILES string of the molecule is O=C1c2c(O)cc(O)cc2O[C@@H](c2ccc(O)cc2)[C@@H]1c1cc(-c2cc(=O)c3c(O)cc(O)cc3o2)ccc1O. The van der Waals surface area contributed by atoms with Crippen LogP contribution in [0.2, 0.25) is 0 Å². The van der Waals surface area contributed by atoms with Gasteiger partial charge in [0.05, 0.1) is 5.92 Å². The van der Waals surface area contributed by atoms with Crippen molar-refractivity contribution in [2.75, 3.05) is 0 Å². The Labute approximate surface area is 224 Å². The van der Waals surface area contributed by atoms with Crippen LogP contribution in [0.1, 0.15) is 33.5 Å². The van der Waals surface area contributed by atoms with Gasteiger partial charge in [0.1, 0.15) is 68.6 Å². The highest BCUT2D eigenvalue weighted by Gasteiger charge is 2.42. The van der Waals surface area contributed by atoms with Crippen LogP contribution in [-0.4, -0.2) is 36.4 Å². The van der Waals surface area contributed by atoms with Gasteiger partial charge in [-0.25, -0.2) is 0 Å². The molecule has 0 unspecified atom stereocenters. The fourth-order valence-electron chi connectivity index (χ4n) is 5.01. The smallest absolute Gasteiger partial charge is 0.197 e. The number of rotatable bonds is 3. The molecule has 4 aromatic carbocycles. The zero-order valence-corrected chi connectivity index (χ0v) is 20.4. The number of aromatic hydroxyl groups is 6. The van der Waals surface area contributed by atoms with E-state index in [9.17, 15) is 40.2 Å². The number of ketones is 1. The third kappa shape index (κ3) is 3.99. The van der Waals surface area contributed by atoms with Crippen LogP contribution in [0.25, 0.3) is 22.3 Å². The lowest BCUT2D eigenvalue weighted by Gasteiger charge is -2.34. The Kier molecular flexibility index (Phi) is 5.54. The third-order valence-corrected chi connectivity index (χ3v) is 6.82. The van der Waals surface area contributed by atoms with Crippen LogP contribution in [0.3, 0.4) is 0 Å². The Hall–Kier alpha value is -5.64. The number of hydrogen-bond acceptors (Lipinski definition) is 10. The van der Waals surface area contributed by atoms with Gasteiger partial charge >= 0.3 is 0 Å². The summed E-state index contributed by atoms with van der Waals surface area (Å²) in [6.07, 6.45) is -1.06. The molecule has 5 aromatic rings. The van der Waals surface area contributed by atoms with Gasteiger partial charge in [-0.2, -0.15) is 0 Å². The fraction of sp³-hybridized carbons (Fsp3) is 0.0667. The molecule has 0 saturated heterocycles. The average molecular weight is 540 g/mol. The van der Waals surface area contributed by atoms with Crippen molar-refractivity contribution < 1.29 is 44.6 Å². The highest BCUT2D eigenvalue weighted by atomic mass is 16.5. The standard InChI is InChI=1S/C30H20O10/c31-15-4-1-13(2-5-15)30-26(29(38)28-21(36)9-17(33)11-25(28)40-30)18-7-14(3-6-19(18)34)23-12-22(37)27-20(35)8-16(32)10-24(27)39-23/h1-12,26,30-36H/t26-,30+/m1/s1. The molecule has 1 aliphatic rings. The third-order valence-electron chi connectivity index (χ3n) is 6.82. The summed E-state index contributed by atoms with van der Waals surface area (Å²) in [7, 11) is 0. The first-order valence-electron chi connectivity index (χ1n) is 12.0. The number of carbonyl (C=O) groups excluding carboxylic acids is 1. The monoisotopic (exact) mass is 540 g/mol.